The summed E-state index contributed by atoms with van der Waals surface area (Å²) in [5.74, 6) is 0.824. The summed E-state index contributed by atoms with van der Waals surface area (Å²) < 4.78 is 1.75. The van der Waals surface area contributed by atoms with Crippen LogP contribution < -0.4 is 10.9 Å². The molecule has 1 saturated carbocycles. The van der Waals surface area contributed by atoms with E-state index in [-0.39, 0.29) is 11.6 Å². The molecule has 138 valence electrons. The van der Waals surface area contributed by atoms with Crippen LogP contribution in [0.15, 0.2) is 41.3 Å². The van der Waals surface area contributed by atoms with Crippen molar-refractivity contribution in [2.24, 2.45) is 0 Å². The van der Waals surface area contributed by atoms with Crippen LogP contribution in [0.25, 0.3) is 11.0 Å². The Morgan fingerprint density at radius 3 is 2.70 bits per heavy atom. The van der Waals surface area contributed by atoms with Gasteiger partial charge in [-0.1, -0.05) is 12.1 Å². The molecule has 0 unspecified atom stereocenters. The quantitative estimate of drug-likeness (QED) is 0.775. The van der Waals surface area contributed by atoms with Crippen LogP contribution >= 0.6 is 0 Å². The van der Waals surface area contributed by atoms with Crippen molar-refractivity contribution in [2.45, 2.75) is 57.0 Å². The van der Waals surface area contributed by atoms with Crippen LogP contribution in [0.2, 0.25) is 0 Å². The van der Waals surface area contributed by atoms with Gasteiger partial charge in [-0.3, -0.25) is 9.78 Å². The molecule has 0 bridgehead atoms. The highest BCUT2D eigenvalue weighted by atomic mass is 16.1. The number of rotatable bonds is 3. The molecule has 0 aliphatic heterocycles. The molecule has 2 heterocycles. The number of para-hydroxylation sites is 2. The molecule has 2 aliphatic carbocycles. The average molecular weight is 361 g/mol. The number of aromatic nitrogens is 4. The predicted octanol–water partition coefficient (Wildman–Crippen LogP) is 3.27. The van der Waals surface area contributed by atoms with E-state index >= 15 is 0 Å². The predicted molar refractivity (Wildman–Crippen MR) is 105 cm³/mol. The zero-order chi connectivity index (χ0) is 18.2. The molecule has 0 spiro atoms. The van der Waals surface area contributed by atoms with Crippen molar-refractivity contribution in [1.82, 2.24) is 19.7 Å². The third-order valence-electron chi connectivity index (χ3n) is 5.83. The first kappa shape index (κ1) is 16.4. The molecule has 0 saturated heterocycles. The van der Waals surface area contributed by atoms with Gasteiger partial charge in [-0.25, -0.2) is 9.67 Å². The van der Waals surface area contributed by atoms with Crippen LogP contribution in [0.1, 0.15) is 49.4 Å². The van der Waals surface area contributed by atoms with Crippen LogP contribution in [0.5, 0.6) is 0 Å². The molecule has 5 rings (SSSR count). The summed E-state index contributed by atoms with van der Waals surface area (Å²) in [5, 5.41) is 8.20. The van der Waals surface area contributed by atoms with Crippen molar-refractivity contribution in [3.63, 3.8) is 0 Å². The van der Waals surface area contributed by atoms with Crippen molar-refractivity contribution in [1.29, 1.82) is 0 Å². The van der Waals surface area contributed by atoms with E-state index in [1.54, 1.807) is 10.9 Å². The minimum atomic E-state index is 0.0625. The monoisotopic (exact) mass is 361 g/mol. The van der Waals surface area contributed by atoms with Crippen LogP contribution in [0.3, 0.4) is 0 Å². The third kappa shape index (κ3) is 3.20. The second kappa shape index (κ2) is 6.76. The first-order valence-electron chi connectivity index (χ1n) is 9.86. The molecule has 2 aromatic heterocycles. The normalized spacial score (nSPS) is 21.9. The lowest BCUT2D eigenvalue weighted by Gasteiger charge is -2.30. The van der Waals surface area contributed by atoms with Crippen molar-refractivity contribution < 1.29 is 0 Å². The Kier molecular flexibility index (Phi) is 4.11. The minimum Gasteiger partial charge on any atom is -0.366 e. The molecule has 3 aromatic rings. The fourth-order valence-electron chi connectivity index (χ4n) is 4.38. The number of fused-ring (bicyclic) bond motifs is 2. The van der Waals surface area contributed by atoms with Gasteiger partial charge in [0.05, 0.1) is 29.0 Å². The van der Waals surface area contributed by atoms with Gasteiger partial charge in [0.1, 0.15) is 5.82 Å². The second-order valence-corrected chi connectivity index (χ2v) is 7.65. The topological polar surface area (TPSA) is 72.7 Å². The van der Waals surface area contributed by atoms with Gasteiger partial charge in [0, 0.05) is 12.1 Å². The summed E-state index contributed by atoms with van der Waals surface area (Å²) in [6, 6.07) is 10.3. The van der Waals surface area contributed by atoms with Crippen molar-refractivity contribution in [3.8, 4) is 0 Å². The van der Waals surface area contributed by atoms with Gasteiger partial charge in [-0.15, -0.1) is 0 Å². The van der Waals surface area contributed by atoms with Crippen molar-refractivity contribution >= 4 is 16.9 Å². The Bertz CT molecular complexity index is 1040. The molecule has 27 heavy (non-hydrogen) atoms. The highest BCUT2D eigenvalue weighted by Gasteiger charge is 2.25. The highest BCUT2D eigenvalue weighted by Crippen LogP contribution is 2.29. The first-order valence-corrected chi connectivity index (χ1v) is 9.86. The summed E-state index contributed by atoms with van der Waals surface area (Å²) in [6.07, 6.45) is 8.87. The van der Waals surface area contributed by atoms with E-state index in [2.05, 4.69) is 20.4 Å². The maximum Gasteiger partial charge on any atom is 0.267 e. The second-order valence-electron chi connectivity index (χ2n) is 7.65. The van der Waals surface area contributed by atoms with Crippen LogP contribution in [-0.2, 0) is 12.8 Å². The van der Waals surface area contributed by atoms with Crippen LogP contribution in [0.4, 0.5) is 5.82 Å². The molecule has 0 amide bonds. The van der Waals surface area contributed by atoms with Gasteiger partial charge in [0.15, 0.2) is 0 Å². The highest BCUT2D eigenvalue weighted by molar-refractivity contribution is 5.75. The van der Waals surface area contributed by atoms with E-state index in [0.717, 1.165) is 73.1 Å². The maximum absolute atomic E-state index is 12.4. The standard InChI is InChI=1S/C21H23N5O/c27-21-12-14-4-3-7-17(14)25-26(21)16-10-8-15(9-11-16)23-20-13-22-18-5-1-2-6-19(18)24-20/h1-2,5-6,12-13,15-16H,3-4,7-11H2,(H,23,24). The van der Waals surface area contributed by atoms with Crippen molar-refractivity contribution in [2.75, 3.05) is 5.32 Å². The number of anilines is 1. The smallest absolute Gasteiger partial charge is 0.267 e. The fourth-order valence-corrected chi connectivity index (χ4v) is 4.38. The van der Waals surface area contributed by atoms with Crippen LogP contribution in [-0.4, -0.2) is 25.8 Å². The van der Waals surface area contributed by atoms with E-state index in [1.807, 2.05) is 30.3 Å². The lowest BCUT2D eigenvalue weighted by molar-refractivity contribution is 0.301. The molecule has 6 nitrogen and oxygen atoms in total. The average Bonchev–Trinajstić information content (AvgIpc) is 3.15. The SMILES string of the molecule is O=c1cc2c(nn1C1CCC(Nc3cnc4ccccc4n3)CC1)CCC2. The zero-order valence-corrected chi connectivity index (χ0v) is 15.3. The van der Waals surface area contributed by atoms with Crippen LogP contribution in [0, 0.1) is 0 Å². The molecule has 1 N–H and O–H groups in total. The van der Waals surface area contributed by atoms with Crippen molar-refractivity contribution in [3.05, 3.63) is 58.1 Å². The molecule has 2 aliphatic rings. The Hall–Kier alpha value is -2.76. The largest absolute Gasteiger partial charge is 0.366 e. The van der Waals surface area contributed by atoms with Gasteiger partial charge in [-0.2, -0.15) is 5.10 Å². The summed E-state index contributed by atoms with van der Waals surface area (Å²) in [4.78, 5) is 21.6. The van der Waals surface area contributed by atoms with E-state index in [9.17, 15) is 4.79 Å². The number of aryl methyl sites for hydroxylation is 2. The molecular weight excluding hydrogens is 338 g/mol. The Balaban J connectivity index is 1.27. The van der Waals surface area contributed by atoms with Gasteiger partial charge >= 0.3 is 0 Å². The lowest BCUT2D eigenvalue weighted by Crippen LogP contribution is -2.34. The Labute approximate surface area is 157 Å². The summed E-state index contributed by atoms with van der Waals surface area (Å²) in [7, 11) is 0. The summed E-state index contributed by atoms with van der Waals surface area (Å²) in [6.45, 7) is 0. The maximum atomic E-state index is 12.4. The van der Waals surface area contributed by atoms with E-state index in [0.29, 0.717) is 6.04 Å². The zero-order valence-electron chi connectivity index (χ0n) is 15.3. The first-order chi connectivity index (χ1) is 13.3. The van der Waals surface area contributed by atoms with E-state index < -0.39 is 0 Å². The number of benzene rings is 1. The van der Waals surface area contributed by atoms with Gasteiger partial charge in [0.25, 0.3) is 5.56 Å². The molecule has 1 aromatic carbocycles. The lowest BCUT2D eigenvalue weighted by atomic mass is 9.91. The molecule has 0 radical (unpaired) electrons. The van der Waals surface area contributed by atoms with Gasteiger partial charge in [-0.05, 0) is 62.6 Å². The molecule has 6 heteroatoms. The Morgan fingerprint density at radius 1 is 1.04 bits per heavy atom. The van der Waals surface area contributed by atoms with E-state index in [4.69, 9.17) is 0 Å². The number of nitrogens with one attached hydrogen (secondary N) is 1. The molecular formula is C21H23N5O. The fraction of sp³-hybridized carbons (Fsp3) is 0.429. The number of hydrogen-bond donors (Lipinski definition) is 1. The van der Waals surface area contributed by atoms with Gasteiger partial charge in [0.2, 0.25) is 0 Å². The molecule has 0 atom stereocenters. The van der Waals surface area contributed by atoms with E-state index in [1.165, 1.54) is 0 Å². The number of hydrogen-bond acceptors (Lipinski definition) is 5. The summed E-state index contributed by atoms with van der Waals surface area (Å²) in [5.41, 5.74) is 4.16. The molecule has 1 fully saturated rings. The third-order valence-corrected chi connectivity index (χ3v) is 5.83. The van der Waals surface area contributed by atoms with Gasteiger partial charge < -0.3 is 5.32 Å². The number of nitrogens with zero attached hydrogens (tertiary/aromatic N) is 4. The summed E-state index contributed by atoms with van der Waals surface area (Å²) >= 11 is 0. The Morgan fingerprint density at radius 2 is 1.85 bits per heavy atom. The minimum absolute atomic E-state index is 0.0625.